The molecule has 0 N–H and O–H groups in total. The molecule has 0 saturated carbocycles. The maximum atomic E-state index is 12.9. The topological polar surface area (TPSA) is 57.0 Å². The number of piperidine rings is 1. The molecule has 3 amide bonds. The number of furan rings is 1. The van der Waals surface area contributed by atoms with E-state index in [-0.39, 0.29) is 11.9 Å². The Morgan fingerprint density at radius 2 is 1.46 bits per heavy atom. The largest absolute Gasteiger partial charge is 0.451 e. The molecule has 0 radical (unpaired) electrons. The lowest BCUT2D eigenvalue weighted by Crippen LogP contribution is -2.54. The lowest BCUT2D eigenvalue weighted by atomic mass is 10.1. The van der Waals surface area contributed by atoms with Crippen molar-refractivity contribution in [3.05, 3.63) is 35.6 Å². The average molecular weight is 355 g/mol. The van der Waals surface area contributed by atoms with Crippen LogP contribution >= 0.6 is 0 Å². The molecule has 1 aromatic heterocycles. The molecule has 1 aromatic carbocycles. The molecule has 3 heterocycles. The van der Waals surface area contributed by atoms with E-state index in [0.717, 1.165) is 42.5 Å². The Kier molecular flexibility index (Phi) is 4.57. The fourth-order valence-corrected chi connectivity index (χ4v) is 3.91. The zero-order valence-corrected chi connectivity index (χ0v) is 15.2. The average Bonchev–Trinajstić information content (AvgIpc) is 3.04. The monoisotopic (exact) mass is 355 g/mol. The van der Waals surface area contributed by atoms with E-state index >= 15 is 0 Å². The van der Waals surface area contributed by atoms with Crippen LogP contribution in [0.25, 0.3) is 11.0 Å². The second kappa shape index (κ2) is 7.02. The van der Waals surface area contributed by atoms with Crippen molar-refractivity contribution < 1.29 is 14.0 Å². The molecule has 0 atom stereocenters. The van der Waals surface area contributed by atoms with E-state index in [1.54, 1.807) is 4.90 Å². The van der Waals surface area contributed by atoms with Crippen LogP contribution in [0.3, 0.4) is 0 Å². The molecular weight excluding hydrogens is 330 g/mol. The van der Waals surface area contributed by atoms with E-state index in [1.165, 1.54) is 6.42 Å². The number of aryl methyl sites for hydroxylation is 1. The molecule has 6 nitrogen and oxygen atoms in total. The third kappa shape index (κ3) is 3.04. The summed E-state index contributed by atoms with van der Waals surface area (Å²) in [6, 6.07) is 7.83. The highest BCUT2D eigenvalue weighted by atomic mass is 16.3. The number of rotatable bonds is 1. The predicted molar refractivity (Wildman–Crippen MR) is 99.2 cm³/mol. The van der Waals surface area contributed by atoms with Gasteiger partial charge in [-0.2, -0.15) is 0 Å². The smallest absolute Gasteiger partial charge is 0.320 e. The van der Waals surface area contributed by atoms with Gasteiger partial charge in [-0.1, -0.05) is 18.2 Å². The molecule has 2 saturated heterocycles. The Bertz CT molecular complexity index is 815. The summed E-state index contributed by atoms with van der Waals surface area (Å²) in [5, 5.41) is 0.981. The van der Waals surface area contributed by atoms with Crippen molar-refractivity contribution in [2.24, 2.45) is 0 Å². The summed E-state index contributed by atoms with van der Waals surface area (Å²) in [7, 11) is 0. The van der Waals surface area contributed by atoms with Gasteiger partial charge in [-0.15, -0.1) is 0 Å². The third-order valence-electron chi connectivity index (χ3n) is 5.50. The minimum absolute atomic E-state index is 0.0798. The first-order chi connectivity index (χ1) is 12.6. The zero-order valence-electron chi connectivity index (χ0n) is 15.2. The van der Waals surface area contributed by atoms with E-state index in [0.29, 0.717) is 31.9 Å². The summed E-state index contributed by atoms with van der Waals surface area (Å²) in [5.74, 6) is 0.339. The van der Waals surface area contributed by atoms with Crippen LogP contribution in [0.15, 0.2) is 28.7 Å². The fourth-order valence-electron chi connectivity index (χ4n) is 3.91. The maximum absolute atomic E-state index is 12.9. The van der Waals surface area contributed by atoms with Gasteiger partial charge >= 0.3 is 6.03 Å². The molecule has 2 fully saturated rings. The van der Waals surface area contributed by atoms with Gasteiger partial charge in [-0.3, -0.25) is 4.79 Å². The van der Waals surface area contributed by atoms with Crippen LogP contribution in [0, 0.1) is 6.92 Å². The molecule has 0 bridgehead atoms. The first-order valence-electron chi connectivity index (χ1n) is 9.46. The highest BCUT2D eigenvalue weighted by Crippen LogP contribution is 2.26. The number of urea groups is 1. The van der Waals surface area contributed by atoms with Crippen molar-refractivity contribution in [3.63, 3.8) is 0 Å². The van der Waals surface area contributed by atoms with Crippen molar-refractivity contribution in [3.8, 4) is 0 Å². The van der Waals surface area contributed by atoms with Gasteiger partial charge in [0.2, 0.25) is 0 Å². The standard InChI is InChI=1S/C20H25N3O3/c1-15-16-7-3-4-8-17(16)26-18(15)19(24)21-11-13-23(14-12-21)20(25)22-9-5-2-6-10-22/h3-4,7-8H,2,5-6,9-14H2,1H3. The maximum Gasteiger partial charge on any atom is 0.320 e. The van der Waals surface area contributed by atoms with Gasteiger partial charge in [0.25, 0.3) is 5.91 Å². The Morgan fingerprint density at radius 3 is 2.15 bits per heavy atom. The molecule has 0 spiro atoms. The minimum atomic E-state index is -0.0798. The van der Waals surface area contributed by atoms with E-state index in [4.69, 9.17) is 4.42 Å². The summed E-state index contributed by atoms with van der Waals surface area (Å²) in [5.41, 5.74) is 1.63. The lowest BCUT2D eigenvalue weighted by Gasteiger charge is -2.38. The summed E-state index contributed by atoms with van der Waals surface area (Å²) < 4.78 is 5.80. The third-order valence-corrected chi connectivity index (χ3v) is 5.50. The Hall–Kier alpha value is -2.50. The predicted octanol–water partition coefficient (Wildman–Crippen LogP) is 3.10. The second-order valence-corrected chi connectivity index (χ2v) is 7.16. The van der Waals surface area contributed by atoms with Gasteiger partial charge in [-0.25, -0.2) is 4.79 Å². The van der Waals surface area contributed by atoms with Crippen molar-refractivity contribution in [1.82, 2.24) is 14.7 Å². The normalized spacial score (nSPS) is 18.4. The quantitative estimate of drug-likeness (QED) is 0.790. The molecule has 138 valence electrons. The van der Waals surface area contributed by atoms with Gasteiger partial charge in [-0.05, 0) is 32.3 Å². The van der Waals surface area contributed by atoms with Crippen LogP contribution in [0.2, 0.25) is 0 Å². The summed E-state index contributed by atoms with van der Waals surface area (Å²) in [6.07, 6.45) is 3.40. The minimum Gasteiger partial charge on any atom is -0.451 e. The number of carbonyl (C=O) groups is 2. The van der Waals surface area contributed by atoms with Crippen molar-refractivity contribution in [2.75, 3.05) is 39.3 Å². The molecule has 2 aliphatic heterocycles. The molecule has 6 heteroatoms. The lowest BCUT2D eigenvalue weighted by molar-refractivity contribution is 0.0605. The highest BCUT2D eigenvalue weighted by molar-refractivity contribution is 5.99. The van der Waals surface area contributed by atoms with Crippen LogP contribution in [-0.2, 0) is 0 Å². The first-order valence-corrected chi connectivity index (χ1v) is 9.46. The molecule has 2 aromatic rings. The van der Waals surface area contributed by atoms with Gasteiger partial charge in [0, 0.05) is 50.2 Å². The molecule has 26 heavy (non-hydrogen) atoms. The molecule has 2 aliphatic rings. The van der Waals surface area contributed by atoms with E-state index in [9.17, 15) is 9.59 Å². The first kappa shape index (κ1) is 16.9. The highest BCUT2D eigenvalue weighted by Gasteiger charge is 2.30. The number of amides is 3. The van der Waals surface area contributed by atoms with E-state index in [2.05, 4.69) is 0 Å². The Labute approximate surface area is 153 Å². The Morgan fingerprint density at radius 1 is 0.846 bits per heavy atom. The Balaban J connectivity index is 1.41. The number of para-hydroxylation sites is 1. The van der Waals surface area contributed by atoms with Crippen LogP contribution in [-0.4, -0.2) is 65.9 Å². The van der Waals surface area contributed by atoms with Gasteiger partial charge < -0.3 is 19.1 Å². The number of piperazine rings is 1. The van der Waals surface area contributed by atoms with E-state index in [1.807, 2.05) is 41.0 Å². The fraction of sp³-hybridized carbons (Fsp3) is 0.500. The molecule has 0 aliphatic carbocycles. The van der Waals surface area contributed by atoms with Crippen molar-refractivity contribution >= 4 is 22.9 Å². The molecule has 4 rings (SSSR count). The molecular formula is C20H25N3O3. The van der Waals surface area contributed by atoms with Gasteiger partial charge in [0.1, 0.15) is 5.58 Å². The van der Waals surface area contributed by atoms with Crippen LogP contribution < -0.4 is 0 Å². The van der Waals surface area contributed by atoms with E-state index < -0.39 is 0 Å². The van der Waals surface area contributed by atoms with Crippen LogP contribution in [0.5, 0.6) is 0 Å². The number of hydrogen-bond donors (Lipinski definition) is 0. The summed E-state index contributed by atoms with van der Waals surface area (Å²) >= 11 is 0. The summed E-state index contributed by atoms with van der Waals surface area (Å²) in [6.45, 7) is 5.91. The number of benzene rings is 1. The van der Waals surface area contributed by atoms with Crippen molar-refractivity contribution in [2.45, 2.75) is 26.2 Å². The number of nitrogens with zero attached hydrogens (tertiary/aromatic N) is 3. The zero-order chi connectivity index (χ0) is 18.1. The van der Waals surface area contributed by atoms with Crippen molar-refractivity contribution in [1.29, 1.82) is 0 Å². The number of likely N-dealkylation sites (tertiary alicyclic amines) is 1. The number of carbonyl (C=O) groups excluding carboxylic acids is 2. The van der Waals surface area contributed by atoms with Gasteiger partial charge in [0.05, 0.1) is 0 Å². The number of hydrogen-bond acceptors (Lipinski definition) is 3. The SMILES string of the molecule is Cc1c(C(=O)N2CCN(C(=O)N3CCCCC3)CC2)oc2ccccc12. The molecule has 0 unspecified atom stereocenters. The summed E-state index contributed by atoms with van der Waals surface area (Å²) in [4.78, 5) is 31.1. The van der Waals surface area contributed by atoms with Crippen LogP contribution in [0.1, 0.15) is 35.4 Å². The van der Waals surface area contributed by atoms with Crippen LogP contribution in [0.4, 0.5) is 4.79 Å². The van der Waals surface area contributed by atoms with Gasteiger partial charge in [0.15, 0.2) is 5.76 Å². The number of fused-ring (bicyclic) bond motifs is 1. The second-order valence-electron chi connectivity index (χ2n) is 7.16.